The van der Waals surface area contributed by atoms with Crippen LogP contribution in [0.2, 0.25) is 5.02 Å². The van der Waals surface area contributed by atoms with Gasteiger partial charge in [-0.2, -0.15) is 16.9 Å². The maximum absolute atomic E-state index is 12.1. The Morgan fingerprint density at radius 2 is 1.80 bits per heavy atom. The van der Waals surface area contributed by atoms with E-state index in [0.29, 0.717) is 18.1 Å². The highest BCUT2D eigenvalue weighted by molar-refractivity contribution is 7.99. The third kappa shape index (κ3) is 7.97. The maximum Gasteiger partial charge on any atom is 0.315 e. The molecule has 1 fully saturated rings. The zero-order chi connectivity index (χ0) is 31.9. The molecule has 2 amide bonds. The fourth-order valence-electron chi connectivity index (χ4n) is 6.13. The number of primary amides is 1. The number of carbonyl (C=O) groups is 1. The fraction of sp³-hybridized carbons (Fsp3) is 0.351. The summed E-state index contributed by atoms with van der Waals surface area (Å²) in [5.74, 6) is 9.00. The number of benzene rings is 3. The molecule has 0 spiro atoms. The van der Waals surface area contributed by atoms with Gasteiger partial charge in [-0.3, -0.25) is 4.68 Å². The Morgan fingerprint density at radius 1 is 1.00 bits per heavy atom. The minimum Gasteiger partial charge on any atom is -0.351 e. The summed E-state index contributed by atoms with van der Waals surface area (Å²) in [5.41, 5.74) is 15.3. The van der Waals surface area contributed by atoms with E-state index in [-0.39, 0.29) is 0 Å². The SMILES string of the molecule is Cc1ccccc1CNCc1ccc(C#Cc2cc(-c3nn(CCCN4CCSCC4)c4c3CN(C(N)=O)CC4)ccc2Cl)cc1. The molecule has 1 saturated heterocycles. The summed E-state index contributed by atoms with van der Waals surface area (Å²) in [4.78, 5) is 16.3. The number of nitrogens with zero attached hydrogens (tertiary/aromatic N) is 4. The molecule has 0 unspecified atom stereocenters. The van der Waals surface area contributed by atoms with Crippen LogP contribution in [0.5, 0.6) is 0 Å². The van der Waals surface area contributed by atoms with Gasteiger partial charge >= 0.3 is 6.03 Å². The molecule has 2 aliphatic heterocycles. The molecule has 0 atom stereocenters. The number of hydrogen-bond acceptors (Lipinski definition) is 5. The summed E-state index contributed by atoms with van der Waals surface area (Å²) in [5, 5.41) is 9.23. The van der Waals surface area contributed by atoms with E-state index in [1.54, 1.807) is 4.90 Å². The Balaban J connectivity index is 1.17. The Morgan fingerprint density at radius 3 is 2.59 bits per heavy atom. The van der Waals surface area contributed by atoms with Crippen LogP contribution < -0.4 is 11.1 Å². The zero-order valence-corrected chi connectivity index (χ0v) is 28.0. The molecule has 238 valence electrons. The summed E-state index contributed by atoms with van der Waals surface area (Å²) < 4.78 is 2.15. The normalized spacial score (nSPS) is 14.9. The van der Waals surface area contributed by atoms with Gasteiger partial charge < -0.3 is 20.9 Å². The number of nitrogens with one attached hydrogen (secondary N) is 1. The number of aromatic nitrogens is 2. The van der Waals surface area contributed by atoms with Gasteiger partial charge in [0.25, 0.3) is 0 Å². The summed E-state index contributed by atoms with van der Waals surface area (Å²) in [6.45, 7) is 9.07. The van der Waals surface area contributed by atoms with Gasteiger partial charge in [0.1, 0.15) is 0 Å². The van der Waals surface area contributed by atoms with E-state index in [0.717, 1.165) is 80.1 Å². The molecule has 2 aliphatic rings. The third-order valence-electron chi connectivity index (χ3n) is 8.83. The average Bonchev–Trinajstić information content (AvgIpc) is 3.44. The average molecular weight is 653 g/mol. The minimum absolute atomic E-state index is 0.400. The lowest BCUT2D eigenvalue weighted by Gasteiger charge is -2.27. The van der Waals surface area contributed by atoms with Crippen LogP contribution in [0.4, 0.5) is 4.79 Å². The zero-order valence-electron chi connectivity index (χ0n) is 26.4. The van der Waals surface area contributed by atoms with Gasteiger partial charge in [-0.1, -0.05) is 65.9 Å². The molecule has 3 aromatic carbocycles. The summed E-state index contributed by atoms with van der Waals surface area (Å²) in [6.07, 6.45) is 1.78. The second-order valence-electron chi connectivity index (χ2n) is 12.0. The topological polar surface area (TPSA) is 79.4 Å². The summed E-state index contributed by atoms with van der Waals surface area (Å²) in [6, 6.07) is 22.3. The van der Waals surface area contributed by atoms with Crippen molar-refractivity contribution in [3.8, 4) is 23.1 Å². The van der Waals surface area contributed by atoms with Crippen molar-refractivity contribution in [2.45, 2.75) is 45.9 Å². The maximum atomic E-state index is 12.1. The lowest BCUT2D eigenvalue weighted by molar-refractivity contribution is 0.201. The van der Waals surface area contributed by atoms with E-state index in [1.165, 1.54) is 33.9 Å². The molecular weight excluding hydrogens is 612 g/mol. The van der Waals surface area contributed by atoms with Crippen molar-refractivity contribution in [1.82, 2.24) is 24.9 Å². The van der Waals surface area contributed by atoms with Crippen LogP contribution in [0, 0.1) is 18.8 Å². The van der Waals surface area contributed by atoms with Gasteiger partial charge in [-0.15, -0.1) is 0 Å². The first-order chi connectivity index (χ1) is 22.4. The van der Waals surface area contributed by atoms with Crippen molar-refractivity contribution in [2.24, 2.45) is 5.73 Å². The molecule has 6 rings (SSSR count). The van der Waals surface area contributed by atoms with Crippen molar-refractivity contribution < 1.29 is 4.79 Å². The number of urea groups is 1. The molecule has 3 N–H and O–H groups in total. The van der Waals surface area contributed by atoms with Crippen molar-refractivity contribution in [3.63, 3.8) is 0 Å². The second-order valence-corrected chi connectivity index (χ2v) is 13.6. The minimum atomic E-state index is -0.400. The number of amides is 2. The van der Waals surface area contributed by atoms with E-state index in [9.17, 15) is 4.79 Å². The number of nitrogens with two attached hydrogens (primary N) is 1. The Kier molecular flexibility index (Phi) is 10.7. The highest BCUT2D eigenvalue weighted by Crippen LogP contribution is 2.32. The largest absolute Gasteiger partial charge is 0.351 e. The van der Waals surface area contributed by atoms with Crippen molar-refractivity contribution in [1.29, 1.82) is 0 Å². The fourth-order valence-corrected chi connectivity index (χ4v) is 7.27. The molecule has 0 saturated carbocycles. The molecular formula is C37H41ClN6OS. The first-order valence-corrected chi connectivity index (χ1v) is 17.6. The predicted octanol–water partition coefficient (Wildman–Crippen LogP) is 6.08. The van der Waals surface area contributed by atoms with Crippen LogP contribution in [-0.2, 0) is 32.6 Å². The van der Waals surface area contributed by atoms with Gasteiger partial charge in [0.05, 0.1) is 17.3 Å². The van der Waals surface area contributed by atoms with Crippen molar-refractivity contribution in [3.05, 3.63) is 111 Å². The molecule has 7 nitrogen and oxygen atoms in total. The van der Waals surface area contributed by atoms with Crippen LogP contribution in [0.25, 0.3) is 11.3 Å². The molecule has 9 heteroatoms. The monoisotopic (exact) mass is 652 g/mol. The predicted molar refractivity (Wildman–Crippen MR) is 189 cm³/mol. The van der Waals surface area contributed by atoms with Crippen LogP contribution in [0.3, 0.4) is 0 Å². The first-order valence-electron chi connectivity index (χ1n) is 16.0. The van der Waals surface area contributed by atoms with E-state index in [1.807, 2.05) is 30.0 Å². The quantitative estimate of drug-likeness (QED) is 0.215. The van der Waals surface area contributed by atoms with Crippen LogP contribution in [0.1, 0.15) is 45.5 Å². The Labute approximate surface area is 281 Å². The van der Waals surface area contributed by atoms with Crippen LogP contribution >= 0.6 is 23.4 Å². The number of aryl methyl sites for hydroxylation is 2. The van der Waals surface area contributed by atoms with Crippen LogP contribution in [0.15, 0.2) is 66.7 Å². The lowest BCUT2D eigenvalue weighted by atomic mass is 9.99. The third-order valence-corrected chi connectivity index (χ3v) is 10.1. The van der Waals surface area contributed by atoms with Gasteiger partial charge in [0, 0.05) is 85.1 Å². The molecule has 0 aliphatic carbocycles. The van der Waals surface area contributed by atoms with E-state index in [2.05, 4.69) is 82.2 Å². The van der Waals surface area contributed by atoms with Crippen LogP contribution in [-0.4, -0.2) is 63.3 Å². The number of rotatable bonds is 9. The van der Waals surface area contributed by atoms with Gasteiger partial charge in [-0.25, -0.2) is 4.79 Å². The summed E-state index contributed by atoms with van der Waals surface area (Å²) in [7, 11) is 0. The molecule has 4 aromatic rings. The van der Waals surface area contributed by atoms with E-state index < -0.39 is 6.03 Å². The molecule has 46 heavy (non-hydrogen) atoms. The molecule has 3 heterocycles. The Hall–Kier alpha value is -3.74. The number of hydrogen-bond donors (Lipinski definition) is 2. The van der Waals surface area contributed by atoms with Gasteiger partial charge in [0.15, 0.2) is 0 Å². The van der Waals surface area contributed by atoms with Crippen molar-refractivity contribution in [2.75, 3.05) is 37.7 Å². The number of carbonyl (C=O) groups excluding carboxylic acids is 1. The van der Waals surface area contributed by atoms with Gasteiger partial charge in [0.2, 0.25) is 0 Å². The highest BCUT2D eigenvalue weighted by atomic mass is 35.5. The standard InChI is InChI=1S/C37H41ClN6OS/c1-27-5-2-3-6-32(27)25-40-24-29-9-7-28(8-10-29)11-12-30-23-31(13-14-34(30)38)36-33-26-43(37(39)45)18-15-35(33)44(41-36)17-4-16-42-19-21-46-22-20-42/h2-3,5-10,13-14,23,40H,4,15-22,24-26H2,1H3,(H2,39,45). The second kappa shape index (κ2) is 15.2. The smallest absolute Gasteiger partial charge is 0.315 e. The lowest BCUT2D eigenvalue weighted by Crippen LogP contribution is -2.39. The van der Waals surface area contributed by atoms with Crippen molar-refractivity contribution >= 4 is 29.4 Å². The molecule has 0 radical (unpaired) electrons. The number of fused-ring (bicyclic) bond motifs is 1. The number of thioether (sulfide) groups is 1. The van der Waals surface area contributed by atoms with E-state index >= 15 is 0 Å². The molecule has 1 aromatic heterocycles. The number of halogens is 1. The Bertz CT molecular complexity index is 1740. The highest BCUT2D eigenvalue weighted by Gasteiger charge is 2.27. The summed E-state index contributed by atoms with van der Waals surface area (Å²) >= 11 is 8.67. The van der Waals surface area contributed by atoms with E-state index in [4.69, 9.17) is 22.4 Å². The first kappa shape index (κ1) is 32.2. The van der Waals surface area contributed by atoms with Gasteiger partial charge in [-0.05, 0) is 60.8 Å². The molecule has 0 bridgehead atoms.